The largest absolute Gasteiger partial charge is 0.415 e. The van der Waals surface area contributed by atoms with E-state index in [0.29, 0.717) is 13.2 Å². The molecule has 1 atom stereocenters. The van der Waals surface area contributed by atoms with Crippen molar-refractivity contribution in [3.8, 4) is 0 Å². The van der Waals surface area contributed by atoms with E-state index >= 15 is 0 Å². The van der Waals surface area contributed by atoms with E-state index in [2.05, 4.69) is 28.2 Å². The molecule has 0 saturated heterocycles. The molecule has 0 saturated carbocycles. The SMILES string of the molecule is CCCCCCCCCCCC(COCCC)OCCOS(=O)(=O)ON. The van der Waals surface area contributed by atoms with Crippen LogP contribution < -0.4 is 5.90 Å². The maximum atomic E-state index is 11.0. The second kappa shape index (κ2) is 18.1. The average molecular weight is 398 g/mol. The van der Waals surface area contributed by atoms with Gasteiger partial charge in [-0.3, -0.25) is 0 Å². The molecular weight excluding hydrogens is 358 g/mol. The van der Waals surface area contributed by atoms with Gasteiger partial charge in [-0.2, -0.15) is 18.6 Å². The van der Waals surface area contributed by atoms with E-state index in [1.807, 2.05) is 0 Å². The first-order chi connectivity index (χ1) is 12.6. The summed E-state index contributed by atoms with van der Waals surface area (Å²) >= 11 is 0. The van der Waals surface area contributed by atoms with Crippen LogP contribution in [0.1, 0.15) is 84.5 Å². The summed E-state index contributed by atoms with van der Waals surface area (Å²) in [5, 5.41) is 0. The van der Waals surface area contributed by atoms with Gasteiger partial charge in [-0.25, -0.2) is 4.18 Å². The summed E-state index contributed by atoms with van der Waals surface area (Å²) in [5.41, 5.74) is 0. The Morgan fingerprint density at radius 2 is 1.42 bits per heavy atom. The van der Waals surface area contributed by atoms with Gasteiger partial charge in [0, 0.05) is 6.61 Å². The number of ether oxygens (including phenoxy) is 2. The Morgan fingerprint density at radius 3 is 2.00 bits per heavy atom. The van der Waals surface area contributed by atoms with Crippen LogP contribution in [0.5, 0.6) is 0 Å². The van der Waals surface area contributed by atoms with E-state index in [-0.39, 0.29) is 19.3 Å². The molecule has 2 N–H and O–H groups in total. The highest BCUT2D eigenvalue weighted by Gasteiger charge is 2.12. The second-order valence-corrected chi connectivity index (χ2v) is 7.76. The zero-order valence-corrected chi connectivity index (χ0v) is 17.4. The Hall–Kier alpha value is -0.250. The van der Waals surface area contributed by atoms with Crippen LogP contribution in [0.25, 0.3) is 0 Å². The molecule has 0 aromatic rings. The summed E-state index contributed by atoms with van der Waals surface area (Å²) in [7, 11) is -4.11. The number of nitrogens with two attached hydrogens (primary N) is 1. The summed E-state index contributed by atoms with van der Waals surface area (Å²) in [6.45, 7) is 5.54. The Morgan fingerprint density at radius 1 is 0.808 bits per heavy atom. The molecule has 0 aliphatic rings. The minimum Gasteiger partial charge on any atom is -0.379 e. The highest BCUT2D eigenvalue weighted by Crippen LogP contribution is 2.13. The fourth-order valence-corrected chi connectivity index (χ4v) is 2.96. The molecule has 158 valence electrons. The van der Waals surface area contributed by atoms with Gasteiger partial charge in [0.2, 0.25) is 0 Å². The van der Waals surface area contributed by atoms with Gasteiger partial charge in [0.15, 0.2) is 0 Å². The van der Waals surface area contributed by atoms with Crippen molar-refractivity contribution in [1.82, 2.24) is 0 Å². The lowest BCUT2D eigenvalue weighted by Crippen LogP contribution is -2.24. The predicted octanol–water partition coefficient (Wildman–Crippen LogP) is 3.87. The zero-order chi connectivity index (χ0) is 19.5. The van der Waals surface area contributed by atoms with E-state index in [1.54, 1.807) is 0 Å². The number of rotatable bonds is 20. The van der Waals surface area contributed by atoms with Gasteiger partial charge in [0.1, 0.15) is 0 Å². The smallest absolute Gasteiger partial charge is 0.379 e. The normalized spacial score (nSPS) is 13.2. The van der Waals surface area contributed by atoms with Crippen molar-refractivity contribution in [3.05, 3.63) is 0 Å². The quantitative estimate of drug-likeness (QED) is 0.246. The zero-order valence-electron chi connectivity index (χ0n) is 16.6. The van der Waals surface area contributed by atoms with Crippen LogP contribution in [0.4, 0.5) is 0 Å². The van der Waals surface area contributed by atoms with Crippen LogP contribution in [0.15, 0.2) is 0 Å². The molecule has 0 amide bonds. The first-order valence-electron chi connectivity index (χ1n) is 10.0. The fourth-order valence-electron chi connectivity index (χ4n) is 2.64. The Kier molecular flexibility index (Phi) is 18.0. The Labute approximate surface area is 160 Å². The third-order valence-corrected chi connectivity index (χ3v) is 4.76. The molecule has 0 aromatic heterocycles. The van der Waals surface area contributed by atoms with Crippen molar-refractivity contribution in [2.24, 2.45) is 5.90 Å². The first-order valence-corrected chi connectivity index (χ1v) is 11.4. The van der Waals surface area contributed by atoms with E-state index in [4.69, 9.17) is 9.47 Å². The van der Waals surface area contributed by atoms with Crippen molar-refractivity contribution in [2.45, 2.75) is 90.6 Å². The minimum absolute atomic E-state index is 0.0452. The van der Waals surface area contributed by atoms with Gasteiger partial charge < -0.3 is 9.47 Å². The second-order valence-electron chi connectivity index (χ2n) is 6.51. The lowest BCUT2D eigenvalue weighted by molar-refractivity contribution is -0.0303. The molecular formula is C18H39NO6S. The first kappa shape index (κ1) is 25.8. The topological polar surface area (TPSA) is 97.1 Å². The Balaban J connectivity index is 3.82. The molecule has 0 aliphatic heterocycles. The van der Waals surface area contributed by atoms with E-state index < -0.39 is 10.4 Å². The van der Waals surface area contributed by atoms with E-state index in [1.165, 1.54) is 51.4 Å². The monoisotopic (exact) mass is 397 g/mol. The van der Waals surface area contributed by atoms with Crippen molar-refractivity contribution in [2.75, 3.05) is 26.4 Å². The molecule has 7 nitrogen and oxygen atoms in total. The number of hydrogen-bond acceptors (Lipinski definition) is 7. The van der Waals surface area contributed by atoms with Gasteiger partial charge >= 0.3 is 10.4 Å². The molecule has 0 fully saturated rings. The van der Waals surface area contributed by atoms with Crippen LogP contribution in [-0.4, -0.2) is 40.9 Å². The molecule has 0 aliphatic carbocycles. The van der Waals surface area contributed by atoms with Gasteiger partial charge in [-0.1, -0.05) is 71.6 Å². The highest BCUT2D eigenvalue weighted by molar-refractivity contribution is 7.81. The third-order valence-electron chi connectivity index (χ3n) is 4.06. The molecule has 0 bridgehead atoms. The third kappa shape index (κ3) is 17.2. The van der Waals surface area contributed by atoms with Crippen LogP contribution in [-0.2, 0) is 28.3 Å². The summed E-state index contributed by atoms with van der Waals surface area (Å²) in [5.74, 6) is 4.60. The van der Waals surface area contributed by atoms with Gasteiger partial charge in [0.25, 0.3) is 0 Å². The number of unbranched alkanes of at least 4 members (excludes halogenated alkanes) is 8. The molecule has 0 spiro atoms. The van der Waals surface area contributed by atoms with Crippen LogP contribution in [0, 0.1) is 0 Å². The van der Waals surface area contributed by atoms with E-state index in [0.717, 1.165) is 19.3 Å². The van der Waals surface area contributed by atoms with Gasteiger partial charge in [0.05, 0.1) is 25.9 Å². The molecule has 1 unspecified atom stereocenters. The predicted molar refractivity (Wildman–Crippen MR) is 103 cm³/mol. The highest BCUT2D eigenvalue weighted by atomic mass is 32.3. The van der Waals surface area contributed by atoms with Crippen LogP contribution in [0.3, 0.4) is 0 Å². The van der Waals surface area contributed by atoms with Gasteiger partial charge in [-0.15, -0.1) is 0 Å². The van der Waals surface area contributed by atoms with Crippen molar-refractivity contribution >= 4 is 10.4 Å². The van der Waals surface area contributed by atoms with Crippen molar-refractivity contribution < 1.29 is 26.4 Å². The van der Waals surface area contributed by atoms with E-state index in [9.17, 15) is 8.42 Å². The maximum absolute atomic E-state index is 11.0. The summed E-state index contributed by atoms with van der Waals surface area (Å²) < 4.78 is 41.4. The maximum Gasteiger partial charge on any atom is 0.415 e. The fraction of sp³-hybridized carbons (Fsp3) is 1.00. The van der Waals surface area contributed by atoms with Crippen LogP contribution >= 0.6 is 0 Å². The van der Waals surface area contributed by atoms with Crippen molar-refractivity contribution in [3.63, 3.8) is 0 Å². The molecule has 0 rings (SSSR count). The van der Waals surface area contributed by atoms with Crippen LogP contribution in [0.2, 0.25) is 0 Å². The van der Waals surface area contributed by atoms with Gasteiger partial charge in [-0.05, 0) is 12.8 Å². The molecule has 26 heavy (non-hydrogen) atoms. The molecule has 8 heteroatoms. The summed E-state index contributed by atoms with van der Waals surface area (Å²) in [6, 6.07) is 0. The molecule has 0 radical (unpaired) electrons. The number of hydrogen-bond donors (Lipinski definition) is 1. The average Bonchev–Trinajstić information content (AvgIpc) is 2.63. The van der Waals surface area contributed by atoms with Crippen molar-refractivity contribution in [1.29, 1.82) is 0 Å². The summed E-state index contributed by atoms with van der Waals surface area (Å²) in [6.07, 6.45) is 13.3. The summed E-state index contributed by atoms with van der Waals surface area (Å²) in [4.78, 5) is 0. The Bertz CT molecular complexity index is 391. The minimum atomic E-state index is -4.11. The lowest BCUT2D eigenvalue weighted by Gasteiger charge is -2.18. The standard InChI is InChI=1S/C18H39NO6S/c1-3-5-6-7-8-9-10-11-12-13-18(17-22-14-4-2)23-15-16-24-26(20,21)25-19/h18H,3-17,19H2,1-2H3. The lowest BCUT2D eigenvalue weighted by atomic mass is 10.1. The molecule has 0 heterocycles. The molecule has 0 aromatic carbocycles.